The maximum absolute atomic E-state index is 9.69. The molecule has 0 spiro atoms. The Morgan fingerprint density at radius 1 is 1.19 bits per heavy atom. The molecule has 0 unspecified atom stereocenters. The van der Waals surface area contributed by atoms with Crippen LogP contribution in [0, 0.1) is 0 Å². The Morgan fingerprint density at radius 2 is 1.76 bits per heavy atom. The van der Waals surface area contributed by atoms with Gasteiger partial charge in [0.25, 0.3) is 11.9 Å². The van der Waals surface area contributed by atoms with Crippen molar-refractivity contribution >= 4 is 23.0 Å². The molecule has 2 aromatic rings. The molecule has 9 heteroatoms. The van der Waals surface area contributed by atoms with E-state index in [2.05, 4.69) is 15.3 Å². The average Bonchev–Trinajstić information content (AvgIpc) is 2.81. The van der Waals surface area contributed by atoms with Crippen LogP contribution in [0.1, 0.15) is 5.82 Å². The summed E-state index contributed by atoms with van der Waals surface area (Å²) in [5, 5.41) is 19.1. The fourth-order valence-electron chi connectivity index (χ4n) is 1.34. The van der Waals surface area contributed by atoms with Crippen molar-refractivity contribution in [2.24, 2.45) is 0 Å². The third kappa shape index (κ3) is 7.42. The first-order chi connectivity index (χ1) is 9.52. The number of carboxylic acids is 2. The van der Waals surface area contributed by atoms with Crippen molar-refractivity contribution in [3.8, 4) is 0 Å². The molecule has 1 aromatic heterocycles. The molecule has 1 heterocycles. The number of para-hydroxylation sites is 2. The molecule has 2 rings (SSSR count). The van der Waals surface area contributed by atoms with Gasteiger partial charge in [0.2, 0.25) is 0 Å². The minimum Gasteiger partial charge on any atom is -0.671 e. The van der Waals surface area contributed by atoms with Crippen LogP contribution in [0.2, 0.25) is 0 Å². The van der Waals surface area contributed by atoms with Gasteiger partial charge in [-0.3, -0.25) is 9.59 Å². The number of hydrogen-bond acceptors (Lipinski definition) is 3. The molecular weight excluding hydrogens is 328 g/mol. The van der Waals surface area contributed by atoms with Crippen LogP contribution in [-0.2, 0) is 33.2 Å². The number of aromatic nitrogens is 2. The Hall–Kier alpha value is -1.93. The van der Waals surface area contributed by atoms with Gasteiger partial charge in [-0.25, -0.2) is 4.98 Å². The van der Waals surface area contributed by atoms with Crippen LogP contribution in [0.15, 0.2) is 24.3 Å². The third-order valence-electron chi connectivity index (χ3n) is 2.10. The fraction of sp³-hybridized carbons (Fsp3) is 0.250. The van der Waals surface area contributed by atoms with E-state index in [4.69, 9.17) is 15.9 Å². The van der Waals surface area contributed by atoms with Crippen molar-refractivity contribution in [1.29, 1.82) is 0 Å². The molecule has 8 nitrogen and oxygen atoms in total. The van der Waals surface area contributed by atoms with E-state index < -0.39 is 25.0 Å². The van der Waals surface area contributed by atoms with Crippen molar-refractivity contribution in [2.75, 3.05) is 13.1 Å². The van der Waals surface area contributed by atoms with Gasteiger partial charge in [0.15, 0.2) is 0 Å². The summed E-state index contributed by atoms with van der Waals surface area (Å²) in [5.74, 6) is -1.50. The molecule has 21 heavy (non-hydrogen) atoms. The summed E-state index contributed by atoms with van der Waals surface area (Å²) in [6.45, 7) is -0.659. The van der Waals surface area contributed by atoms with Crippen LogP contribution >= 0.6 is 0 Å². The van der Waals surface area contributed by atoms with Gasteiger partial charge in [0, 0.05) is 0 Å². The van der Waals surface area contributed by atoms with E-state index >= 15 is 0 Å². The minimum absolute atomic E-state index is 0. The number of H-pyrrole nitrogens is 1. The van der Waals surface area contributed by atoms with Crippen LogP contribution < -0.4 is 0 Å². The molecule has 0 saturated carbocycles. The molecule has 0 aliphatic carbocycles. The molecule has 0 aliphatic heterocycles. The maximum Gasteiger partial charge on any atom is 2.00 e. The summed E-state index contributed by atoms with van der Waals surface area (Å²) < 4.78 is 0. The SMILES string of the molecule is O=C(O)C[N-]CC(=O)O.[Cu+2].[NH-]Cc1nc2ccccc2[nH]1. The van der Waals surface area contributed by atoms with Crippen LogP contribution in [0.3, 0.4) is 0 Å². The van der Waals surface area contributed by atoms with Gasteiger partial charge >= 0.3 is 17.1 Å². The summed E-state index contributed by atoms with van der Waals surface area (Å²) in [5.41, 5.74) is 9.03. The first-order valence-electron chi connectivity index (χ1n) is 5.68. The second-order valence-electron chi connectivity index (χ2n) is 3.70. The van der Waals surface area contributed by atoms with Crippen LogP contribution in [0.25, 0.3) is 22.1 Å². The molecule has 1 radical (unpaired) electrons. The molecule has 0 bridgehead atoms. The van der Waals surface area contributed by atoms with Gasteiger partial charge in [-0.15, -0.1) is 0 Å². The first kappa shape index (κ1) is 19.1. The molecular formula is C12H14CuN4O4. The van der Waals surface area contributed by atoms with Crippen molar-refractivity contribution in [2.45, 2.75) is 6.54 Å². The average molecular weight is 342 g/mol. The number of benzene rings is 1. The minimum atomic E-state index is -1.11. The molecule has 0 saturated heterocycles. The van der Waals surface area contributed by atoms with Crippen molar-refractivity contribution < 1.29 is 36.9 Å². The van der Waals surface area contributed by atoms with Crippen molar-refractivity contribution in [3.63, 3.8) is 0 Å². The van der Waals surface area contributed by atoms with E-state index in [1.165, 1.54) is 0 Å². The standard InChI is InChI=1S/C8H8N3.C4H6NO4.Cu/c9-5-8-10-6-3-1-2-4-7(6)11-8;6-3(7)1-5-2-4(8)9;/h1-4,9H,5H2,(H,10,11);1-2H2,(H,6,7)(H,8,9);/q2*-1;+2. The Bertz CT molecular complexity index is 540. The number of hydrogen-bond donors (Lipinski definition) is 3. The topological polar surface area (TPSA) is 141 Å². The van der Waals surface area contributed by atoms with Gasteiger partial charge in [-0.1, -0.05) is 18.7 Å². The predicted octanol–water partition coefficient (Wildman–Crippen LogP) is 1.64. The van der Waals surface area contributed by atoms with E-state index in [0.29, 0.717) is 0 Å². The monoisotopic (exact) mass is 341 g/mol. The van der Waals surface area contributed by atoms with E-state index in [0.717, 1.165) is 16.9 Å². The Kier molecular flexibility index (Phi) is 8.98. The van der Waals surface area contributed by atoms with Crippen molar-refractivity contribution in [1.82, 2.24) is 9.97 Å². The number of carboxylic acid groups (broad SMARTS) is 2. The van der Waals surface area contributed by atoms with Gasteiger partial charge in [0.1, 0.15) is 0 Å². The normalized spacial score (nSPS) is 9.38. The Morgan fingerprint density at radius 3 is 2.24 bits per heavy atom. The summed E-state index contributed by atoms with van der Waals surface area (Å²) in [6, 6.07) is 7.79. The number of aliphatic carboxylic acids is 2. The number of nitrogens with one attached hydrogen (secondary N) is 2. The predicted molar refractivity (Wildman–Crippen MR) is 72.5 cm³/mol. The van der Waals surface area contributed by atoms with E-state index in [1.807, 2.05) is 24.3 Å². The zero-order chi connectivity index (χ0) is 15.0. The number of imidazole rings is 1. The molecule has 0 amide bonds. The number of aromatic amines is 1. The van der Waals surface area contributed by atoms with E-state index in [-0.39, 0.29) is 23.6 Å². The Labute approximate surface area is 131 Å². The second-order valence-corrected chi connectivity index (χ2v) is 3.70. The summed E-state index contributed by atoms with van der Waals surface area (Å²) >= 11 is 0. The number of fused-ring (bicyclic) bond motifs is 1. The molecule has 0 aliphatic rings. The molecule has 1 aromatic carbocycles. The number of rotatable bonds is 5. The van der Waals surface area contributed by atoms with Crippen LogP contribution in [-0.4, -0.2) is 45.2 Å². The summed E-state index contributed by atoms with van der Waals surface area (Å²) in [4.78, 5) is 26.6. The first-order valence-corrected chi connectivity index (χ1v) is 5.68. The smallest absolute Gasteiger partial charge is 0.671 e. The second kappa shape index (κ2) is 9.89. The van der Waals surface area contributed by atoms with Gasteiger partial charge in [-0.05, 0) is 25.2 Å². The van der Waals surface area contributed by atoms with Crippen LogP contribution in [0.4, 0.5) is 0 Å². The van der Waals surface area contributed by atoms with Crippen LogP contribution in [0.5, 0.6) is 0 Å². The number of nitrogens with zero attached hydrogens (tertiary/aromatic N) is 2. The van der Waals surface area contributed by atoms with E-state index in [1.54, 1.807) is 0 Å². The van der Waals surface area contributed by atoms with Crippen molar-refractivity contribution in [3.05, 3.63) is 41.1 Å². The zero-order valence-corrected chi connectivity index (χ0v) is 11.8. The van der Waals surface area contributed by atoms with Gasteiger partial charge in [-0.2, -0.15) is 0 Å². The number of carbonyl (C=O) groups is 2. The maximum atomic E-state index is 9.69. The third-order valence-corrected chi connectivity index (χ3v) is 2.10. The molecule has 4 N–H and O–H groups in total. The molecule has 117 valence electrons. The molecule has 0 fully saturated rings. The van der Waals surface area contributed by atoms with Gasteiger partial charge < -0.3 is 26.2 Å². The van der Waals surface area contributed by atoms with Gasteiger partial charge in [0.05, 0.1) is 16.9 Å². The summed E-state index contributed by atoms with van der Waals surface area (Å²) in [7, 11) is 0. The van der Waals surface area contributed by atoms with E-state index in [9.17, 15) is 9.59 Å². The largest absolute Gasteiger partial charge is 2.00 e. The molecule has 0 atom stereocenters. The fourth-order valence-corrected chi connectivity index (χ4v) is 1.34. The Balaban J connectivity index is 0.000000373. The zero-order valence-electron chi connectivity index (χ0n) is 10.8. The summed E-state index contributed by atoms with van der Waals surface area (Å²) in [6.07, 6.45) is 0. The quantitative estimate of drug-likeness (QED) is 0.709.